The van der Waals surface area contributed by atoms with Crippen molar-refractivity contribution in [3.63, 3.8) is 0 Å². The lowest BCUT2D eigenvalue weighted by atomic mass is 10.1. The first-order valence-electron chi connectivity index (χ1n) is 7.38. The van der Waals surface area contributed by atoms with Crippen LogP contribution in [0.2, 0.25) is 0 Å². The summed E-state index contributed by atoms with van der Waals surface area (Å²) in [4.78, 5) is 12.5. The summed E-state index contributed by atoms with van der Waals surface area (Å²) in [6.45, 7) is 0. The number of fused-ring (bicyclic) bond motifs is 1. The molecular weight excluding hydrogens is 324 g/mol. The van der Waals surface area contributed by atoms with E-state index in [2.05, 4.69) is 0 Å². The van der Waals surface area contributed by atoms with E-state index in [1.165, 1.54) is 19.2 Å². The van der Waals surface area contributed by atoms with Gasteiger partial charge >= 0.3 is 0 Å². The maximum atomic E-state index is 12.4. The Balaban J connectivity index is 1.86. The van der Waals surface area contributed by atoms with Crippen LogP contribution in [0.15, 0.2) is 71.6 Å². The summed E-state index contributed by atoms with van der Waals surface area (Å²) in [6.07, 6.45) is 0. The standard InChI is InChI=1S/C19H16O4S/c1-23-17-8-10-18(11-9-17)24(21,22)13-19(20)16-7-6-14-4-2-3-5-15(14)12-16/h2-12H,13H2,1H3. The first kappa shape index (κ1) is 16.2. The molecule has 0 amide bonds. The topological polar surface area (TPSA) is 60.4 Å². The van der Waals surface area contributed by atoms with Gasteiger partial charge in [0.1, 0.15) is 11.5 Å². The maximum absolute atomic E-state index is 12.4. The van der Waals surface area contributed by atoms with Crippen molar-refractivity contribution in [1.82, 2.24) is 0 Å². The van der Waals surface area contributed by atoms with E-state index in [9.17, 15) is 13.2 Å². The van der Waals surface area contributed by atoms with Crippen molar-refractivity contribution < 1.29 is 17.9 Å². The van der Waals surface area contributed by atoms with Crippen LogP contribution in [0.25, 0.3) is 10.8 Å². The predicted molar refractivity (Wildman–Crippen MR) is 93.3 cm³/mol. The molecule has 0 bridgehead atoms. The molecule has 0 radical (unpaired) electrons. The van der Waals surface area contributed by atoms with E-state index in [1.54, 1.807) is 24.3 Å². The minimum Gasteiger partial charge on any atom is -0.497 e. The molecular formula is C19H16O4S. The van der Waals surface area contributed by atoms with Crippen LogP contribution in [0.5, 0.6) is 5.75 Å². The number of rotatable bonds is 5. The zero-order chi connectivity index (χ0) is 17.2. The zero-order valence-corrected chi connectivity index (χ0v) is 13.9. The van der Waals surface area contributed by atoms with Crippen molar-refractivity contribution in [1.29, 1.82) is 0 Å². The lowest BCUT2D eigenvalue weighted by molar-refractivity contribution is 0.102. The van der Waals surface area contributed by atoms with Crippen LogP contribution in [0.1, 0.15) is 10.4 Å². The highest BCUT2D eigenvalue weighted by Gasteiger charge is 2.20. The van der Waals surface area contributed by atoms with Gasteiger partial charge in [0.05, 0.1) is 12.0 Å². The molecule has 0 N–H and O–H groups in total. The average molecular weight is 340 g/mol. The number of methoxy groups -OCH3 is 1. The Morgan fingerprint density at radius 2 is 1.58 bits per heavy atom. The second-order valence-electron chi connectivity index (χ2n) is 5.42. The van der Waals surface area contributed by atoms with Crippen LogP contribution in [0.4, 0.5) is 0 Å². The van der Waals surface area contributed by atoms with Crippen molar-refractivity contribution in [2.75, 3.05) is 12.9 Å². The van der Waals surface area contributed by atoms with Gasteiger partial charge in [-0.05, 0) is 41.1 Å². The SMILES string of the molecule is COc1ccc(S(=O)(=O)CC(=O)c2ccc3ccccc3c2)cc1. The third-order valence-electron chi connectivity index (χ3n) is 3.81. The average Bonchev–Trinajstić information content (AvgIpc) is 2.61. The van der Waals surface area contributed by atoms with Gasteiger partial charge in [-0.2, -0.15) is 0 Å². The zero-order valence-electron chi connectivity index (χ0n) is 13.1. The van der Waals surface area contributed by atoms with Crippen molar-refractivity contribution in [2.24, 2.45) is 0 Å². The summed E-state index contributed by atoms with van der Waals surface area (Å²) in [5, 5.41) is 1.91. The van der Waals surface area contributed by atoms with Crippen molar-refractivity contribution >= 4 is 26.4 Å². The Labute approximate surface area is 140 Å². The van der Waals surface area contributed by atoms with E-state index in [4.69, 9.17) is 4.74 Å². The van der Waals surface area contributed by atoms with E-state index in [-0.39, 0.29) is 4.90 Å². The number of carbonyl (C=O) groups excluding carboxylic acids is 1. The number of ketones is 1. The van der Waals surface area contributed by atoms with E-state index < -0.39 is 21.4 Å². The Bertz CT molecular complexity index is 989. The fourth-order valence-corrected chi connectivity index (χ4v) is 3.71. The van der Waals surface area contributed by atoms with Crippen LogP contribution in [0, 0.1) is 0 Å². The lowest BCUT2D eigenvalue weighted by Gasteiger charge is -2.06. The van der Waals surface area contributed by atoms with Gasteiger partial charge in [0.2, 0.25) is 0 Å². The largest absolute Gasteiger partial charge is 0.497 e. The van der Waals surface area contributed by atoms with Crippen LogP contribution in [0.3, 0.4) is 0 Å². The highest BCUT2D eigenvalue weighted by atomic mass is 32.2. The van der Waals surface area contributed by atoms with Gasteiger partial charge in [-0.3, -0.25) is 4.79 Å². The van der Waals surface area contributed by atoms with Crippen molar-refractivity contribution in [3.8, 4) is 5.75 Å². The molecule has 24 heavy (non-hydrogen) atoms. The normalized spacial score (nSPS) is 11.4. The van der Waals surface area contributed by atoms with E-state index in [0.717, 1.165) is 10.8 Å². The van der Waals surface area contributed by atoms with Gasteiger partial charge in [0, 0.05) is 5.56 Å². The van der Waals surface area contributed by atoms with Gasteiger partial charge in [0.25, 0.3) is 0 Å². The van der Waals surface area contributed by atoms with Crippen LogP contribution < -0.4 is 4.74 Å². The second-order valence-corrected chi connectivity index (χ2v) is 7.41. The highest BCUT2D eigenvalue weighted by molar-refractivity contribution is 7.92. The van der Waals surface area contributed by atoms with Crippen molar-refractivity contribution in [2.45, 2.75) is 4.90 Å². The first-order valence-corrected chi connectivity index (χ1v) is 9.04. The van der Waals surface area contributed by atoms with E-state index >= 15 is 0 Å². The molecule has 0 aliphatic carbocycles. The van der Waals surface area contributed by atoms with Gasteiger partial charge in [-0.1, -0.05) is 36.4 Å². The number of ether oxygens (including phenoxy) is 1. The minimum atomic E-state index is -3.69. The third kappa shape index (κ3) is 3.31. The molecule has 0 unspecified atom stereocenters. The fourth-order valence-electron chi connectivity index (χ4n) is 2.49. The second kappa shape index (κ2) is 6.45. The maximum Gasteiger partial charge on any atom is 0.185 e. The highest BCUT2D eigenvalue weighted by Crippen LogP contribution is 2.20. The quantitative estimate of drug-likeness (QED) is 0.667. The number of hydrogen-bond acceptors (Lipinski definition) is 4. The molecule has 4 nitrogen and oxygen atoms in total. The molecule has 5 heteroatoms. The molecule has 3 rings (SSSR count). The fraction of sp³-hybridized carbons (Fsp3) is 0.105. The summed E-state index contributed by atoms with van der Waals surface area (Å²) < 4.78 is 29.8. The summed E-state index contributed by atoms with van der Waals surface area (Å²) >= 11 is 0. The Hall–Kier alpha value is -2.66. The molecule has 3 aromatic carbocycles. The van der Waals surface area contributed by atoms with Crippen LogP contribution in [-0.2, 0) is 9.84 Å². The molecule has 0 saturated heterocycles. The minimum absolute atomic E-state index is 0.109. The molecule has 122 valence electrons. The Kier molecular flexibility index (Phi) is 4.36. The molecule has 0 saturated carbocycles. The Morgan fingerprint density at radius 3 is 2.25 bits per heavy atom. The molecule has 0 fully saturated rings. The molecule has 0 atom stereocenters. The molecule has 0 aliphatic rings. The number of hydrogen-bond donors (Lipinski definition) is 0. The van der Waals surface area contributed by atoms with Gasteiger partial charge < -0.3 is 4.74 Å². The summed E-state index contributed by atoms with van der Waals surface area (Å²) in [7, 11) is -2.18. The smallest absolute Gasteiger partial charge is 0.185 e. The van der Waals surface area contributed by atoms with Crippen molar-refractivity contribution in [3.05, 3.63) is 72.3 Å². The number of sulfone groups is 1. The summed E-state index contributed by atoms with van der Waals surface area (Å²) in [5.74, 6) is -0.413. The van der Waals surface area contributed by atoms with Gasteiger partial charge in [-0.25, -0.2) is 8.42 Å². The monoisotopic (exact) mass is 340 g/mol. The Morgan fingerprint density at radius 1 is 0.917 bits per heavy atom. The van der Waals surface area contributed by atoms with Gasteiger partial charge in [0.15, 0.2) is 15.6 Å². The van der Waals surface area contributed by atoms with Gasteiger partial charge in [-0.15, -0.1) is 0 Å². The first-order chi connectivity index (χ1) is 11.5. The lowest BCUT2D eigenvalue weighted by Crippen LogP contribution is -2.16. The molecule has 0 heterocycles. The molecule has 3 aromatic rings. The van der Waals surface area contributed by atoms with Crippen LogP contribution >= 0.6 is 0 Å². The van der Waals surface area contributed by atoms with Crippen LogP contribution in [-0.4, -0.2) is 27.1 Å². The number of Topliss-reactive ketones (excluding diaryl/α,β-unsaturated/α-hetero) is 1. The summed E-state index contributed by atoms with van der Waals surface area (Å²) in [6, 6.07) is 18.9. The number of carbonyl (C=O) groups is 1. The third-order valence-corrected chi connectivity index (χ3v) is 5.44. The molecule has 0 spiro atoms. The number of benzene rings is 3. The van der Waals surface area contributed by atoms with E-state index in [1.807, 2.05) is 30.3 Å². The van der Waals surface area contributed by atoms with E-state index in [0.29, 0.717) is 11.3 Å². The molecule has 0 aliphatic heterocycles. The summed E-state index contributed by atoms with van der Waals surface area (Å²) in [5.41, 5.74) is 0.394. The predicted octanol–water partition coefficient (Wildman–Crippen LogP) is 3.51. The molecule has 0 aromatic heterocycles.